The standard InChI is InChI=1S/C10H15F3O3/c1-5-6(10(11,12)13)16-7(8(14)15)9(2,3)4/h5-7H,1H2,2-4H3,(H,14,15)/t6-,7?/m0/s1. The van der Waals surface area contributed by atoms with Crippen molar-refractivity contribution in [3.63, 3.8) is 0 Å². The van der Waals surface area contributed by atoms with Gasteiger partial charge in [0.2, 0.25) is 0 Å². The van der Waals surface area contributed by atoms with Crippen molar-refractivity contribution in [2.24, 2.45) is 5.41 Å². The number of hydrogen-bond donors (Lipinski definition) is 1. The maximum Gasteiger partial charge on any atom is 0.418 e. The quantitative estimate of drug-likeness (QED) is 0.768. The lowest BCUT2D eigenvalue weighted by atomic mass is 9.89. The molecule has 0 saturated carbocycles. The minimum atomic E-state index is -4.65. The number of carboxylic acid groups (broad SMARTS) is 1. The van der Waals surface area contributed by atoms with Gasteiger partial charge in [-0.2, -0.15) is 13.2 Å². The molecule has 16 heavy (non-hydrogen) atoms. The minimum Gasteiger partial charge on any atom is -0.479 e. The molecule has 0 spiro atoms. The van der Waals surface area contributed by atoms with Crippen LogP contribution in [0, 0.1) is 5.41 Å². The molecule has 0 amide bonds. The molecule has 94 valence electrons. The Balaban J connectivity index is 4.89. The number of carbonyl (C=O) groups is 1. The highest BCUT2D eigenvalue weighted by Gasteiger charge is 2.44. The van der Waals surface area contributed by atoms with Crippen molar-refractivity contribution < 1.29 is 27.8 Å². The van der Waals surface area contributed by atoms with E-state index in [2.05, 4.69) is 11.3 Å². The molecule has 6 heteroatoms. The molecule has 1 unspecified atom stereocenters. The van der Waals surface area contributed by atoms with Gasteiger partial charge in [0.15, 0.2) is 12.2 Å². The molecule has 0 fully saturated rings. The van der Waals surface area contributed by atoms with E-state index in [1.54, 1.807) is 0 Å². The topological polar surface area (TPSA) is 46.5 Å². The molecule has 0 heterocycles. The van der Waals surface area contributed by atoms with Gasteiger partial charge in [-0.1, -0.05) is 26.8 Å². The van der Waals surface area contributed by atoms with Gasteiger partial charge < -0.3 is 9.84 Å². The van der Waals surface area contributed by atoms with Crippen LogP contribution in [0.3, 0.4) is 0 Å². The Hall–Kier alpha value is -1.04. The lowest BCUT2D eigenvalue weighted by Gasteiger charge is -2.30. The lowest BCUT2D eigenvalue weighted by Crippen LogP contribution is -2.43. The van der Waals surface area contributed by atoms with Crippen molar-refractivity contribution >= 4 is 5.97 Å². The van der Waals surface area contributed by atoms with Crippen LogP contribution in [0.4, 0.5) is 13.2 Å². The molecule has 0 aromatic heterocycles. The van der Waals surface area contributed by atoms with Crippen molar-refractivity contribution in [3.8, 4) is 0 Å². The van der Waals surface area contributed by atoms with Crippen LogP contribution in [0.2, 0.25) is 0 Å². The number of alkyl halides is 3. The van der Waals surface area contributed by atoms with Gasteiger partial charge in [0.1, 0.15) is 0 Å². The first-order valence-corrected chi connectivity index (χ1v) is 4.57. The average molecular weight is 240 g/mol. The van der Waals surface area contributed by atoms with Gasteiger partial charge in [0.25, 0.3) is 0 Å². The molecule has 0 aromatic rings. The van der Waals surface area contributed by atoms with Crippen LogP contribution >= 0.6 is 0 Å². The summed E-state index contributed by atoms with van der Waals surface area (Å²) in [5, 5.41) is 8.79. The highest BCUT2D eigenvalue weighted by Crippen LogP contribution is 2.30. The van der Waals surface area contributed by atoms with Crippen LogP contribution in [0.15, 0.2) is 12.7 Å². The fraction of sp³-hybridized carbons (Fsp3) is 0.700. The van der Waals surface area contributed by atoms with Crippen LogP contribution in [0.25, 0.3) is 0 Å². The van der Waals surface area contributed by atoms with Gasteiger partial charge in [-0.15, -0.1) is 6.58 Å². The third kappa shape index (κ3) is 4.22. The molecular formula is C10H15F3O3. The normalized spacial score (nSPS) is 16.6. The highest BCUT2D eigenvalue weighted by molar-refractivity contribution is 5.73. The van der Waals surface area contributed by atoms with Crippen molar-refractivity contribution in [2.45, 2.75) is 39.2 Å². The first-order valence-electron chi connectivity index (χ1n) is 4.57. The molecule has 0 saturated heterocycles. The predicted molar refractivity (Wildman–Crippen MR) is 52.0 cm³/mol. The molecular weight excluding hydrogens is 225 g/mol. The zero-order valence-corrected chi connectivity index (χ0v) is 9.34. The number of carboxylic acids is 1. The summed E-state index contributed by atoms with van der Waals surface area (Å²) in [7, 11) is 0. The summed E-state index contributed by atoms with van der Waals surface area (Å²) >= 11 is 0. The molecule has 0 aliphatic heterocycles. The van der Waals surface area contributed by atoms with E-state index < -0.39 is 29.8 Å². The first-order chi connectivity index (χ1) is 7.00. The summed E-state index contributed by atoms with van der Waals surface area (Å²) in [5.74, 6) is -1.43. The van der Waals surface area contributed by atoms with Crippen molar-refractivity contribution in [1.29, 1.82) is 0 Å². The van der Waals surface area contributed by atoms with E-state index in [4.69, 9.17) is 5.11 Å². The van der Waals surface area contributed by atoms with Crippen LogP contribution in [0.5, 0.6) is 0 Å². The summed E-state index contributed by atoms with van der Waals surface area (Å²) in [5.41, 5.74) is -0.932. The maximum atomic E-state index is 12.3. The molecule has 1 N–H and O–H groups in total. The van der Waals surface area contributed by atoms with Gasteiger partial charge in [0.05, 0.1) is 0 Å². The monoisotopic (exact) mass is 240 g/mol. The zero-order chi connectivity index (χ0) is 13.1. The van der Waals surface area contributed by atoms with Crippen LogP contribution in [0.1, 0.15) is 20.8 Å². The van der Waals surface area contributed by atoms with Gasteiger partial charge >= 0.3 is 12.1 Å². The van der Waals surface area contributed by atoms with Gasteiger partial charge in [0, 0.05) is 0 Å². The molecule has 2 atom stereocenters. The molecule has 0 rings (SSSR count). The van der Waals surface area contributed by atoms with E-state index in [0.717, 1.165) is 0 Å². The third-order valence-electron chi connectivity index (χ3n) is 1.83. The maximum absolute atomic E-state index is 12.3. The van der Waals surface area contributed by atoms with E-state index in [-0.39, 0.29) is 0 Å². The molecule has 3 nitrogen and oxygen atoms in total. The Kier molecular flexibility index (Phi) is 4.55. The van der Waals surface area contributed by atoms with Gasteiger partial charge in [-0.05, 0) is 5.41 Å². The average Bonchev–Trinajstić information content (AvgIpc) is 1.99. The lowest BCUT2D eigenvalue weighted by molar-refractivity contribution is -0.228. The molecule has 0 aromatic carbocycles. The highest BCUT2D eigenvalue weighted by atomic mass is 19.4. The predicted octanol–water partition coefficient (Wildman–Crippen LogP) is 2.62. The van der Waals surface area contributed by atoms with Crippen LogP contribution in [-0.2, 0) is 9.53 Å². The Bertz CT molecular complexity index is 265. The number of halogens is 3. The minimum absolute atomic E-state index is 0.543. The van der Waals surface area contributed by atoms with Crippen molar-refractivity contribution in [1.82, 2.24) is 0 Å². The molecule has 0 aliphatic rings. The largest absolute Gasteiger partial charge is 0.479 e. The summed E-state index contributed by atoms with van der Waals surface area (Å²) in [6, 6.07) is 0. The molecule has 0 aliphatic carbocycles. The van der Waals surface area contributed by atoms with Crippen LogP contribution < -0.4 is 0 Å². The number of aliphatic carboxylic acids is 1. The van der Waals surface area contributed by atoms with Crippen molar-refractivity contribution in [2.75, 3.05) is 0 Å². The molecule has 0 radical (unpaired) electrons. The second kappa shape index (κ2) is 4.86. The van der Waals surface area contributed by atoms with E-state index in [1.165, 1.54) is 20.8 Å². The fourth-order valence-corrected chi connectivity index (χ4v) is 1.05. The van der Waals surface area contributed by atoms with E-state index in [0.29, 0.717) is 6.08 Å². The van der Waals surface area contributed by atoms with Crippen LogP contribution in [-0.4, -0.2) is 29.5 Å². The summed E-state index contributed by atoms with van der Waals surface area (Å²) in [6.45, 7) is 7.45. The number of rotatable bonds is 4. The van der Waals surface area contributed by atoms with Gasteiger partial charge in [-0.25, -0.2) is 4.79 Å². The molecule has 0 bridgehead atoms. The SMILES string of the molecule is C=C[C@H](OC(C(=O)O)C(C)(C)C)C(F)(F)F. The second-order valence-corrected chi connectivity index (χ2v) is 4.42. The van der Waals surface area contributed by atoms with E-state index >= 15 is 0 Å². The number of ether oxygens (including phenoxy) is 1. The number of hydrogen-bond acceptors (Lipinski definition) is 2. The Morgan fingerprint density at radius 1 is 1.38 bits per heavy atom. The Labute approximate surface area is 91.9 Å². The third-order valence-corrected chi connectivity index (χ3v) is 1.83. The van der Waals surface area contributed by atoms with Gasteiger partial charge in [-0.3, -0.25) is 0 Å². The summed E-state index contributed by atoms with van der Waals surface area (Å²) in [6.07, 6.45) is -7.92. The summed E-state index contributed by atoms with van der Waals surface area (Å²) in [4.78, 5) is 10.8. The van der Waals surface area contributed by atoms with E-state index in [9.17, 15) is 18.0 Å². The smallest absolute Gasteiger partial charge is 0.418 e. The first kappa shape index (κ1) is 15.0. The summed E-state index contributed by atoms with van der Waals surface area (Å²) < 4.78 is 41.6. The Morgan fingerprint density at radius 3 is 2.00 bits per heavy atom. The fourth-order valence-electron chi connectivity index (χ4n) is 1.05. The zero-order valence-electron chi connectivity index (χ0n) is 9.34. The Morgan fingerprint density at radius 2 is 1.81 bits per heavy atom. The van der Waals surface area contributed by atoms with E-state index in [1.807, 2.05) is 0 Å². The second-order valence-electron chi connectivity index (χ2n) is 4.42. The van der Waals surface area contributed by atoms with Crippen molar-refractivity contribution in [3.05, 3.63) is 12.7 Å².